The van der Waals surface area contributed by atoms with Gasteiger partial charge in [-0.15, -0.1) is 0 Å². The van der Waals surface area contributed by atoms with E-state index in [1.54, 1.807) is 64.2 Å². The summed E-state index contributed by atoms with van der Waals surface area (Å²) in [5, 5.41) is 0. The predicted octanol–water partition coefficient (Wildman–Crippen LogP) is 12.0. The molecule has 5 saturated carbocycles. The molecule has 37 heavy (non-hydrogen) atoms. The summed E-state index contributed by atoms with van der Waals surface area (Å²) in [6, 6.07) is 0. The average Bonchev–Trinajstić information content (AvgIpc) is 3.56. The summed E-state index contributed by atoms with van der Waals surface area (Å²) in [7, 11) is 0. The molecule has 5 aliphatic rings. The van der Waals surface area contributed by atoms with Crippen molar-refractivity contribution in [2.75, 3.05) is 0 Å². The molecule has 5 fully saturated rings. The van der Waals surface area contributed by atoms with Crippen LogP contribution >= 0.6 is 0 Å². The van der Waals surface area contributed by atoms with Gasteiger partial charge in [0.15, 0.2) is 0 Å². The van der Waals surface area contributed by atoms with E-state index in [1.807, 2.05) is 0 Å². The molecule has 0 spiro atoms. The van der Waals surface area contributed by atoms with Gasteiger partial charge in [-0.25, -0.2) is 0 Å². The van der Waals surface area contributed by atoms with E-state index in [9.17, 15) is 0 Å². The van der Waals surface area contributed by atoms with Gasteiger partial charge in [-0.3, -0.25) is 0 Å². The second kappa shape index (κ2) is 14.6. The first-order valence-electron chi connectivity index (χ1n) is 17.9. The molecule has 0 N–H and O–H groups in total. The van der Waals surface area contributed by atoms with Crippen molar-refractivity contribution in [3.63, 3.8) is 0 Å². The molecule has 0 nitrogen and oxygen atoms in total. The van der Waals surface area contributed by atoms with Gasteiger partial charge in [-0.1, -0.05) is 92.9 Å². The van der Waals surface area contributed by atoms with Gasteiger partial charge in [0, 0.05) is 0 Å². The molecule has 0 bridgehead atoms. The van der Waals surface area contributed by atoms with Crippen molar-refractivity contribution in [3.8, 4) is 0 Å². The molecule has 5 rings (SSSR count). The van der Waals surface area contributed by atoms with Gasteiger partial charge >= 0.3 is 0 Å². The lowest BCUT2D eigenvalue weighted by Gasteiger charge is -2.50. The van der Waals surface area contributed by atoms with Crippen LogP contribution in [-0.2, 0) is 0 Å². The minimum Gasteiger partial charge on any atom is -0.0654 e. The molecule has 7 atom stereocenters. The lowest BCUT2D eigenvalue weighted by Crippen LogP contribution is -2.42. The molecule has 216 valence electrons. The molecule has 0 heteroatoms. The van der Waals surface area contributed by atoms with Crippen molar-refractivity contribution in [1.82, 2.24) is 0 Å². The smallest absolute Gasteiger partial charge is 0.0324 e. The maximum absolute atomic E-state index is 2.61. The third kappa shape index (κ3) is 7.81. The fraction of sp³-hybridized carbons (Fsp3) is 1.00. The molecule has 0 aromatic rings. The molecule has 0 saturated heterocycles. The lowest BCUT2D eigenvalue weighted by atomic mass is 9.56. The summed E-state index contributed by atoms with van der Waals surface area (Å²) in [4.78, 5) is 0. The van der Waals surface area contributed by atoms with Crippen LogP contribution in [0.1, 0.15) is 164 Å². The molecule has 0 aliphatic heterocycles. The number of fused-ring (bicyclic) bond motifs is 1. The van der Waals surface area contributed by atoms with Crippen LogP contribution in [0.15, 0.2) is 0 Å². The minimum atomic E-state index is 0.913. The van der Waals surface area contributed by atoms with E-state index in [2.05, 4.69) is 41.5 Å². The summed E-state index contributed by atoms with van der Waals surface area (Å²) in [6.45, 7) is 14.7. The first-order chi connectivity index (χ1) is 17.9. The molecular weight excluding hydrogens is 444 g/mol. The number of hydrogen-bond acceptors (Lipinski definition) is 0. The summed E-state index contributed by atoms with van der Waals surface area (Å²) in [5.41, 5.74) is 0. The highest BCUT2D eigenvalue weighted by Crippen LogP contribution is 2.56. The van der Waals surface area contributed by atoms with E-state index in [0.29, 0.717) is 0 Å². The number of rotatable bonds is 7. The van der Waals surface area contributed by atoms with Crippen LogP contribution in [0, 0.1) is 71.0 Å². The van der Waals surface area contributed by atoms with Gasteiger partial charge in [0.25, 0.3) is 0 Å². The second-order valence-electron chi connectivity index (χ2n) is 15.7. The van der Waals surface area contributed by atoms with Gasteiger partial charge in [0.1, 0.15) is 0 Å². The van der Waals surface area contributed by atoms with E-state index >= 15 is 0 Å². The third-order valence-corrected chi connectivity index (χ3v) is 13.2. The van der Waals surface area contributed by atoms with E-state index in [0.717, 1.165) is 71.0 Å². The van der Waals surface area contributed by atoms with Crippen LogP contribution in [0.2, 0.25) is 0 Å². The summed E-state index contributed by atoms with van der Waals surface area (Å²) < 4.78 is 0. The fourth-order valence-corrected chi connectivity index (χ4v) is 10.8. The van der Waals surface area contributed by atoms with Gasteiger partial charge in [-0.2, -0.15) is 0 Å². The maximum atomic E-state index is 2.61. The molecule has 0 heterocycles. The average molecular weight is 513 g/mol. The molecule has 5 aliphatic carbocycles. The van der Waals surface area contributed by atoms with Crippen molar-refractivity contribution >= 4 is 0 Å². The summed E-state index contributed by atoms with van der Waals surface area (Å²) in [5.74, 6) is 12.8. The van der Waals surface area contributed by atoms with Crippen molar-refractivity contribution in [2.45, 2.75) is 164 Å². The fourth-order valence-electron chi connectivity index (χ4n) is 10.8. The first kappa shape index (κ1) is 30.0. The highest BCUT2D eigenvalue weighted by molar-refractivity contribution is 4.97. The maximum Gasteiger partial charge on any atom is -0.0324 e. The van der Waals surface area contributed by atoms with Gasteiger partial charge in [0.05, 0.1) is 0 Å². The molecule has 7 unspecified atom stereocenters. The summed E-state index contributed by atoms with van der Waals surface area (Å²) >= 11 is 0. The zero-order valence-electron chi connectivity index (χ0n) is 26.4. The third-order valence-electron chi connectivity index (χ3n) is 13.2. The van der Waals surface area contributed by atoms with Gasteiger partial charge in [-0.05, 0) is 142 Å². The van der Waals surface area contributed by atoms with E-state index < -0.39 is 0 Å². The van der Waals surface area contributed by atoms with Crippen LogP contribution in [-0.4, -0.2) is 0 Å². The molecular formula is C37H68. The standard InChI is InChI=1S/C23H42.C14H26/c1-5-6-9-21-17(4)15-20-8-7-10-22(20)23(21)19-13-11-18(12-14-19)16(2)3;1-3-12-5-8-13(9-6-12)14-7-4-11(2)10-14/h16-23H,5-15H2,1-4H3;11-14H,3-10H2,1-2H3. The van der Waals surface area contributed by atoms with E-state index in [1.165, 1.54) is 57.8 Å². The highest BCUT2D eigenvalue weighted by Gasteiger charge is 2.47. The Morgan fingerprint density at radius 3 is 1.92 bits per heavy atom. The Morgan fingerprint density at radius 1 is 0.649 bits per heavy atom. The molecule has 0 aromatic heterocycles. The molecule has 0 amide bonds. The van der Waals surface area contributed by atoms with Crippen molar-refractivity contribution in [2.24, 2.45) is 71.0 Å². The second-order valence-corrected chi connectivity index (χ2v) is 15.7. The van der Waals surface area contributed by atoms with Crippen LogP contribution in [0.3, 0.4) is 0 Å². The number of unbranched alkanes of at least 4 members (excludes halogenated alkanes) is 1. The van der Waals surface area contributed by atoms with Gasteiger partial charge in [0.2, 0.25) is 0 Å². The van der Waals surface area contributed by atoms with E-state index in [4.69, 9.17) is 0 Å². The topological polar surface area (TPSA) is 0 Å². The normalized spacial score (nSPS) is 44.4. The van der Waals surface area contributed by atoms with Crippen molar-refractivity contribution in [3.05, 3.63) is 0 Å². The largest absolute Gasteiger partial charge is 0.0654 e. The lowest BCUT2D eigenvalue weighted by molar-refractivity contribution is -0.00486. The Morgan fingerprint density at radius 2 is 1.32 bits per heavy atom. The van der Waals surface area contributed by atoms with Crippen LogP contribution < -0.4 is 0 Å². The Kier molecular flexibility index (Phi) is 11.8. The van der Waals surface area contributed by atoms with E-state index in [-0.39, 0.29) is 0 Å². The monoisotopic (exact) mass is 513 g/mol. The van der Waals surface area contributed by atoms with Gasteiger partial charge < -0.3 is 0 Å². The Balaban J connectivity index is 0.000000195. The van der Waals surface area contributed by atoms with Crippen molar-refractivity contribution < 1.29 is 0 Å². The van der Waals surface area contributed by atoms with Crippen LogP contribution in [0.4, 0.5) is 0 Å². The zero-order valence-corrected chi connectivity index (χ0v) is 26.4. The van der Waals surface area contributed by atoms with Crippen LogP contribution in [0.25, 0.3) is 0 Å². The SMILES string of the molecule is CCC1CCC(C2CCC(C)C2)CC1.CCCCC1C(C)CC2CCCC2C1C1CCC(C(C)C)CC1. The highest BCUT2D eigenvalue weighted by atomic mass is 14.5. The molecule has 0 aromatic carbocycles. The number of hydrogen-bond donors (Lipinski definition) is 0. The Labute approximate surface area is 234 Å². The zero-order chi connectivity index (χ0) is 26.4. The van der Waals surface area contributed by atoms with Crippen LogP contribution in [0.5, 0.6) is 0 Å². The first-order valence-corrected chi connectivity index (χ1v) is 17.9. The molecule has 0 radical (unpaired) electrons. The predicted molar refractivity (Wildman–Crippen MR) is 164 cm³/mol. The Bertz CT molecular complexity index is 618. The van der Waals surface area contributed by atoms with Crippen molar-refractivity contribution in [1.29, 1.82) is 0 Å². The summed E-state index contributed by atoms with van der Waals surface area (Å²) in [6.07, 6.45) is 29.0. The minimum absolute atomic E-state index is 0.913. The quantitative estimate of drug-likeness (QED) is 0.318. The Hall–Kier alpha value is 0.